The number of carbonyl (C=O) groups excluding carboxylic acids is 2. The van der Waals surface area contributed by atoms with E-state index in [1.165, 1.54) is 0 Å². The van der Waals surface area contributed by atoms with Gasteiger partial charge in [-0.05, 0) is 66.3 Å². The maximum atomic E-state index is 14.0. The first kappa shape index (κ1) is 33.2. The lowest BCUT2D eigenvalue weighted by atomic mass is 10.0. The van der Waals surface area contributed by atoms with Gasteiger partial charge in [-0.2, -0.15) is 0 Å². The van der Waals surface area contributed by atoms with Crippen molar-refractivity contribution in [3.05, 3.63) is 130 Å². The number of aryl methyl sites for hydroxylation is 1. The van der Waals surface area contributed by atoms with Crippen molar-refractivity contribution in [2.75, 3.05) is 7.11 Å². The van der Waals surface area contributed by atoms with Crippen LogP contribution in [-0.2, 0) is 45.5 Å². The Morgan fingerprint density at radius 1 is 0.870 bits per heavy atom. The van der Waals surface area contributed by atoms with Crippen LogP contribution >= 0.6 is 11.6 Å². The number of ether oxygens (including phenoxy) is 1. The van der Waals surface area contributed by atoms with E-state index in [2.05, 4.69) is 10.0 Å². The lowest BCUT2D eigenvalue weighted by Crippen LogP contribution is -2.50. The molecule has 0 heterocycles. The number of sulfonamides is 1. The molecule has 1 unspecified atom stereocenters. The van der Waals surface area contributed by atoms with Gasteiger partial charge in [0.15, 0.2) is 0 Å². The molecule has 1 atom stereocenters. The summed E-state index contributed by atoms with van der Waals surface area (Å²) in [6.45, 7) is 0.446. The second kappa shape index (κ2) is 15.4. The first-order valence-corrected chi connectivity index (χ1v) is 17.2. The number of amides is 2. The molecule has 46 heavy (non-hydrogen) atoms. The van der Waals surface area contributed by atoms with Crippen molar-refractivity contribution in [2.24, 2.45) is 0 Å². The average molecular weight is 660 g/mol. The van der Waals surface area contributed by atoms with E-state index < -0.39 is 16.1 Å². The molecule has 0 bridgehead atoms. The zero-order chi connectivity index (χ0) is 32.5. The van der Waals surface area contributed by atoms with Crippen LogP contribution in [0.4, 0.5) is 0 Å². The Balaban J connectivity index is 1.37. The summed E-state index contributed by atoms with van der Waals surface area (Å²) in [7, 11) is -1.98. The van der Waals surface area contributed by atoms with E-state index in [-0.39, 0.29) is 42.3 Å². The molecule has 240 valence electrons. The maximum Gasteiger partial charge on any atom is 0.243 e. The fourth-order valence-corrected chi connectivity index (χ4v) is 6.64. The van der Waals surface area contributed by atoms with Gasteiger partial charge < -0.3 is 15.0 Å². The highest BCUT2D eigenvalue weighted by atomic mass is 35.5. The van der Waals surface area contributed by atoms with Crippen molar-refractivity contribution in [1.29, 1.82) is 0 Å². The Kier molecular flexibility index (Phi) is 11.1. The minimum atomic E-state index is -3.56. The third kappa shape index (κ3) is 9.19. The van der Waals surface area contributed by atoms with Crippen molar-refractivity contribution in [3.63, 3.8) is 0 Å². The molecular formula is C36H38ClN3O5S. The summed E-state index contributed by atoms with van der Waals surface area (Å²) in [6.07, 6.45) is 2.54. The highest BCUT2D eigenvalue weighted by Gasteiger charge is 2.31. The van der Waals surface area contributed by atoms with E-state index in [9.17, 15) is 18.0 Å². The first-order chi connectivity index (χ1) is 22.2. The zero-order valence-corrected chi connectivity index (χ0v) is 27.3. The predicted molar refractivity (Wildman–Crippen MR) is 179 cm³/mol. The van der Waals surface area contributed by atoms with Gasteiger partial charge in [-0.3, -0.25) is 9.59 Å². The normalized spacial score (nSPS) is 13.5. The number of carbonyl (C=O) groups is 2. The summed E-state index contributed by atoms with van der Waals surface area (Å²) in [5, 5.41) is 3.62. The molecule has 0 spiro atoms. The summed E-state index contributed by atoms with van der Waals surface area (Å²) in [5.41, 5.74) is 3.41. The third-order valence-electron chi connectivity index (χ3n) is 7.94. The highest BCUT2D eigenvalue weighted by Crippen LogP contribution is 2.23. The number of nitrogens with one attached hydrogen (secondary N) is 2. The van der Waals surface area contributed by atoms with Gasteiger partial charge in [0.2, 0.25) is 21.8 Å². The second-order valence-corrected chi connectivity index (χ2v) is 13.6. The molecule has 1 fully saturated rings. The molecule has 8 nitrogen and oxygen atoms in total. The molecule has 0 aromatic heterocycles. The molecule has 0 saturated heterocycles. The van der Waals surface area contributed by atoms with Crippen molar-refractivity contribution < 1.29 is 22.7 Å². The lowest BCUT2D eigenvalue weighted by molar-refractivity contribution is -0.141. The fourth-order valence-electron chi connectivity index (χ4n) is 5.21. The van der Waals surface area contributed by atoms with Gasteiger partial charge in [-0.25, -0.2) is 13.1 Å². The minimum absolute atomic E-state index is 0.0182. The number of rotatable bonds is 15. The monoisotopic (exact) mass is 659 g/mol. The van der Waals surface area contributed by atoms with Gasteiger partial charge in [-0.1, -0.05) is 84.4 Å². The summed E-state index contributed by atoms with van der Waals surface area (Å²) in [6, 6.07) is 30.2. The van der Waals surface area contributed by atoms with Crippen LogP contribution in [0.5, 0.6) is 5.75 Å². The maximum absolute atomic E-state index is 14.0. The summed E-state index contributed by atoms with van der Waals surface area (Å²) in [5.74, 6) is 0.184. The number of halogens is 1. The number of nitrogens with zero attached hydrogens (tertiary/aromatic N) is 1. The molecule has 1 aliphatic rings. The average Bonchev–Trinajstić information content (AvgIpc) is 3.89. The van der Waals surface area contributed by atoms with Crippen molar-refractivity contribution in [1.82, 2.24) is 14.9 Å². The van der Waals surface area contributed by atoms with Crippen LogP contribution in [0.15, 0.2) is 108 Å². The zero-order valence-electron chi connectivity index (χ0n) is 25.7. The van der Waals surface area contributed by atoms with E-state index in [1.807, 2.05) is 66.7 Å². The first-order valence-electron chi connectivity index (χ1n) is 15.3. The second-order valence-electron chi connectivity index (χ2n) is 11.4. The Morgan fingerprint density at radius 2 is 1.52 bits per heavy atom. The number of hydrogen-bond acceptors (Lipinski definition) is 5. The Labute approximate surface area is 275 Å². The molecule has 10 heteroatoms. The topological polar surface area (TPSA) is 105 Å². The van der Waals surface area contributed by atoms with Crippen LogP contribution in [-0.4, -0.2) is 44.3 Å². The molecule has 1 saturated carbocycles. The Morgan fingerprint density at radius 3 is 2.20 bits per heavy atom. The Bertz CT molecular complexity index is 1730. The molecule has 1 aliphatic carbocycles. The quantitative estimate of drug-likeness (QED) is 0.171. The largest absolute Gasteiger partial charge is 0.496 e. The van der Waals surface area contributed by atoms with Crippen molar-refractivity contribution in [3.8, 4) is 5.75 Å². The summed E-state index contributed by atoms with van der Waals surface area (Å²) < 4.78 is 33.3. The van der Waals surface area contributed by atoms with E-state index in [1.54, 1.807) is 48.4 Å². The summed E-state index contributed by atoms with van der Waals surface area (Å²) in [4.78, 5) is 29.8. The third-order valence-corrected chi connectivity index (χ3v) is 9.73. The summed E-state index contributed by atoms with van der Waals surface area (Å²) >= 11 is 6.14. The van der Waals surface area contributed by atoms with Gasteiger partial charge >= 0.3 is 0 Å². The van der Waals surface area contributed by atoms with Gasteiger partial charge in [-0.15, -0.1) is 0 Å². The Hall–Kier alpha value is -4.18. The lowest BCUT2D eigenvalue weighted by Gasteiger charge is -2.32. The number of methoxy groups -OCH3 is 1. The van der Waals surface area contributed by atoms with Crippen LogP contribution in [0.1, 0.15) is 41.5 Å². The van der Waals surface area contributed by atoms with E-state index in [4.69, 9.17) is 16.3 Å². The molecule has 5 rings (SSSR count). The molecular weight excluding hydrogens is 622 g/mol. The van der Waals surface area contributed by atoms with Crippen molar-refractivity contribution in [2.45, 2.75) is 62.2 Å². The van der Waals surface area contributed by atoms with Gasteiger partial charge in [0, 0.05) is 42.6 Å². The molecule has 0 radical (unpaired) electrons. The van der Waals surface area contributed by atoms with Crippen molar-refractivity contribution >= 4 is 33.4 Å². The van der Waals surface area contributed by atoms with E-state index in [0.717, 1.165) is 35.1 Å². The van der Waals surface area contributed by atoms with Crippen LogP contribution in [0.25, 0.3) is 0 Å². The van der Waals surface area contributed by atoms with Crippen LogP contribution < -0.4 is 14.8 Å². The van der Waals surface area contributed by atoms with E-state index >= 15 is 0 Å². The van der Waals surface area contributed by atoms with Gasteiger partial charge in [0.25, 0.3) is 0 Å². The van der Waals surface area contributed by atoms with Crippen LogP contribution in [0.3, 0.4) is 0 Å². The number of benzene rings is 4. The number of para-hydroxylation sites is 1. The molecule has 2 amide bonds. The smallest absolute Gasteiger partial charge is 0.243 e. The van der Waals surface area contributed by atoms with E-state index in [0.29, 0.717) is 23.6 Å². The van der Waals surface area contributed by atoms with Crippen LogP contribution in [0, 0.1) is 0 Å². The highest BCUT2D eigenvalue weighted by molar-refractivity contribution is 7.89. The molecule has 2 N–H and O–H groups in total. The fraction of sp³-hybridized carbons (Fsp3) is 0.278. The van der Waals surface area contributed by atoms with Gasteiger partial charge in [0.05, 0.1) is 12.0 Å². The predicted octanol–water partition coefficient (Wildman–Crippen LogP) is 5.68. The van der Waals surface area contributed by atoms with Crippen LogP contribution in [0.2, 0.25) is 5.02 Å². The minimum Gasteiger partial charge on any atom is -0.496 e. The standard InChI is InChI=1S/C36H38ClN3O5S/c1-45-34-10-6-5-9-29(34)24-38-36(42)33(23-27-7-3-2-4-8-27)40(25-28-11-16-30(37)17-12-28)35(41)22-15-26-13-20-32(21-14-26)46(43,44)39-31-18-19-31/h2-14,16-17,20-21,31,33,39H,15,18-19,22-25H2,1H3,(H,38,42). The van der Waals surface area contributed by atoms with Gasteiger partial charge in [0.1, 0.15) is 11.8 Å². The molecule has 4 aromatic rings. The molecule has 0 aliphatic heterocycles. The SMILES string of the molecule is COc1ccccc1CNC(=O)C(Cc1ccccc1)N(Cc1ccc(Cl)cc1)C(=O)CCc1ccc(S(=O)(=O)NC2CC2)cc1. The number of hydrogen-bond donors (Lipinski definition) is 2. The molecule has 4 aromatic carbocycles.